The summed E-state index contributed by atoms with van der Waals surface area (Å²) in [5, 5.41) is 12.3. The highest BCUT2D eigenvalue weighted by atomic mass is 32.2. The Hall–Kier alpha value is -0.770. The SMILES string of the molecule is CCNCC1CCN(S(=O)(=O)Nc2nnc(CC)s2)CC1. The van der Waals surface area contributed by atoms with E-state index in [9.17, 15) is 8.42 Å². The van der Waals surface area contributed by atoms with Gasteiger partial charge in [-0.1, -0.05) is 25.2 Å². The Balaban J connectivity index is 1.89. The summed E-state index contributed by atoms with van der Waals surface area (Å²) < 4.78 is 28.7. The number of nitrogens with one attached hydrogen (secondary N) is 2. The second-order valence-electron chi connectivity index (χ2n) is 5.11. The average Bonchev–Trinajstić information content (AvgIpc) is 2.92. The molecule has 1 aromatic rings. The molecule has 0 aromatic carbocycles. The zero-order chi connectivity index (χ0) is 15.3. The highest BCUT2D eigenvalue weighted by Crippen LogP contribution is 2.22. The molecule has 0 spiro atoms. The van der Waals surface area contributed by atoms with Crippen LogP contribution in [-0.4, -0.2) is 49.1 Å². The minimum Gasteiger partial charge on any atom is -0.317 e. The Morgan fingerprint density at radius 2 is 2.00 bits per heavy atom. The van der Waals surface area contributed by atoms with Crippen molar-refractivity contribution in [1.82, 2.24) is 19.8 Å². The highest BCUT2D eigenvalue weighted by molar-refractivity contribution is 7.90. The first-order chi connectivity index (χ1) is 10.0. The summed E-state index contributed by atoms with van der Waals surface area (Å²) in [6.45, 7) is 7.09. The van der Waals surface area contributed by atoms with Crippen molar-refractivity contribution in [2.75, 3.05) is 30.9 Å². The van der Waals surface area contributed by atoms with Crippen LogP contribution in [0.25, 0.3) is 0 Å². The fourth-order valence-corrected chi connectivity index (χ4v) is 4.41. The number of aromatic nitrogens is 2. The first-order valence-electron chi connectivity index (χ1n) is 7.36. The summed E-state index contributed by atoms with van der Waals surface area (Å²) in [5.74, 6) is 0.560. The van der Waals surface area contributed by atoms with Crippen LogP contribution < -0.4 is 10.0 Å². The molecule has 0 unspecified atom stereocenters. The quantitative estimate of drug-likeness (QED) is 0.779. The third kappa shape index (κ3) is 4.60. The van der Waals surface area contributed by atoms with E-state index in [4.69, 9.17) is 0 Å². The number of hydrogen-bond donors (Lipinski definition) is 2. The molecule has 0 atom stereocenters. The monoisotopic (exact) mass is 333 g/mol. The van der Waals surface area contributed by atoms with Crippen LogP contribution >= 0.6 is 11.3 Å². The van der Waals surface area contributed by atoms with E-state index < -0.39 is 10.2 Å². The van der Waals surface area contributed by atoms with E-state index in [0.29, 0.717) is 24.1 Å². The van der Waals surface area contributed by atoms with E-state index >= 15 is 0 Å². The molecule has 0 bridgehead atoms. The van der Waals surface area contributed by atoms with Gasteiger partial charge in [-0.05, 0) is 38.3 Å². The van der Waals surface area contributed by atoms with Crippen LogP contribution in [0.4, 0.5) is 5.13 Å². The van der Waals surface area contributed by atoms with Gasteiger partial charge in [-0.3, -0.25) is 0 Å². The predicted octanol–water partition coefficient (Wildman–Crippen LogP) is 1.08. The van der Waals surface area contributed by atoms with E-state index in [1.54, 1.807) is 0 Å². The number of aryl methyl sites for hydroxylation is 1. The molecule has 2 heterocycles. The third-order valence-electron chi connectivity index (χ3n) is 3.58. The lowest BCUT2D eigenvalue weighted by molar-refractivity contribution is 0.269. The van der Waals surface area contributed by atoms with E-state index in [1.165, 1.54) is 15.6 Å². The second-order valence-corrected chi connectivity index (χ2v) is 7.84. The van der Waals surface area contributed by atoms with Crippen molar-refractivity contribution in [2.24, 2.45) is 5.92 Å². The number of rotatable bonds is 7. The molecule has 21 heavy (non-hydrogen) atoms. The van der Waals surface area contributed by atoms with Crippen molar-refractivity contribution in [3.63, 3.8) is 0 Å². The number of hydrogen-bond acceptors (Lipinski definition) is 6. The highest BCUT2D eigenvalue weighted by Gasteiger charge is 2.28. The Morgan fingerprint density at radius 3 is 2.57 bits per heavy atom. The lowest BCUT2D eigenvalue weighted by atomic mass is 9.98. The van der Waals surface area contributed by atoms with Gasteiger partial charge in [0, 0.05) is 13.1 Å². The molecule has 0 radical (unpaired) electrons. The van der Waals surface area contributed by atoms with Crippen LogP contribution in [0, 0.1) is 5.92 Å². The standard InChI is InChI=1S/C12H23N5O2S2/c1-3-11-14-15-12(20-11)16-21(18,19)17-7-5-10(6-8-17)9-13-4-2/h10,13H,3-9H2,1-2H3,(H,15,16). The van der Waals surface area contributed by atoms with Crippen LogP contribution in [-0.2, 0) is 16.6 Å². The molecule has 1 saturated heterocycles. The predicted molar refractivity (Wildman–Crippen MR) is 84.7 cm³/mol. The topological polar surface area (TPSA) is 87.2 Å². The molecule has 2 N–H and O–H groups in total. The van der Waals surface area contributed by atoms with Crippen LogP contribution in [0.2, 0.25) is 0 Å². The van der Waals surface area contributed by atoms with Gasteiger partial charge in [0.15, 0.2) is 0 Å². The van der Waals surface area contributed by atoms with Gasteiger partial charge in [0.25, 0.3) is 0 Å². The van der Waals surface area contributed by atoms with Gasteiger partial charge >= 0.3 is 10.2 Å². The molecule has 1 aromatic heterocycles. The van der Waals surface area contributed by atoms with E-state index in [2.05, 4.69) is 27.2 Å². The van der Waals surface area contributed by atoms with Crippen LogP contribution in [0.5, 0.6) is 0 Å². The van der Waals surface area contributed by atoms with Gasteiger partial charge in [0.1, 0.15) is 5.01 Å². The van der Waals surface area contributed by atoms with Crippen LogP contribution in [0.3, 0.4) is 0 Å². The van der Waals surface area contributed by atoms with Crippen molar-refractivity contribution in [3.05, 3.63) is 5.01 Å². The van der Waals surface area contributed by atoms with E-state index in [-0.39, 0.29) is 0 Å². The van der Waals surface area contributed by atoms with Crippen LogP contribution in [0.1, 0.15) is 31.7 Å². The molecule has 0 saturated carbocycles. The zero-order valence-electron chi connectivity index (χ0n) is 12.5. The third-order valence-corrected chi connectivity index (χ3v) is 6.19. The van der Waals surface area contributed by atoms with Gasteiger partial charge in [0.05, 0.1) is 0 Å². The number of anilines is 1. The van der Waals surface area contributed by atoms with E-state index in [1.807, 2.05) is 6.92 Å². The number of piperidine rings is 1. The van der Waals surface area contributed by atoms with Crippen molar-refractivity contribution in [3.8, 4) is 0 Å². The van der Waals surface area contributed by atoms with E-state index in [0.717, 1.165) is 37.4 Å². The maximum absolute atomic E-state index is 12.3. The van der Waals surface area contributed by atoms with Gasteiger partial charge in [-0.25, -0.2) is 4.72 Å². The molecule has 120 valence electrons. The summed E-state index contributed by atoms with van der Waals surface area (Å²) in [7, 11) is -3.50. The molecule has 1 aliphatic rings. The summed E-state index contributed by atoms with van der Waals surface area (Å²) in [4.78, 5) is 0. The molecule has 1 fully saturated rings. The van der Waals surface area contributed by atoms with Gasteiger partial charge in [0.2, 0.25) is 5.13 Å². The molecule has 0 amide bonds. The maximum atomic E-state index is 12.3. The smallest absolute Gasteiger partial charge is 0.303 e. The van der Waals surface area contributed by atoms with Gasteiger partial charge in [-0.2, -0.15) is 12.7 Å². The Labute approximate surface area is 130 Å². The lowest BCUT2D eigenvalue weighted by Gasteiger charge is -2.30. The summed E-state index contributed by atoms with van der Waals surface area (Å²) >= 11 is 1.29. The zero-order valence-corrected chi connectivity index (χ0v) is 14.1. The fraction of sp³-hybridized carbons (Fsp3) is 0.833. The molecule has 0 aliphatic carbocycles. The summed E-state index contributed by atoms with van der Waals surface area (Å²) in [6.07, 6.45) is 2.55. The van der Waals surface area contributed by atoms with Gasteiger partial charge in [-0.15, -0.1) is 10.2 Å². The largest absolute Gasteiger partial charge is 0.317 e. The minimum absolute atomic E-state index is 0.349. The molecule has 7 nitrogen and oxygen atoms in total. The molecule has 1 aliphatic heterocycles. The Kier molecular flexibility index (Phi) is 5.91. The first-order valence-corrected chi connectivity index (χ1v) is 9.61. The van der Waals surface area contributed by atoms with Crippen molar-refractivity contribution in [1.29, 1.82) is 0 Å². The van der Waals surface area contributed by atoms with Gasteiger partial charge < -0.3 is 5.32 Å². The Bertz CT molecular complexity index is 538. The summed E-state index contributed by atoms with van der Waals surface area (Å²) in [5.41, 5.74) is 0. The normalized spacial score (nSPS) is 18.0. The molecular weight excluding hydrogens is 310 g/mol. The average molecular weight is 333 g/mol. The van der Waals surface area contributed by atoms with Crippen molar-refractivity contribution in [2.45, 2.75) is 33.1 Å². The molecular formula is C12H23N5O2S2. The molecule has 9 heteroatoms. The van der Waals surface area contributed by atoms with Crippen LogP contribution in [0.15, 0.2) is 0 Å². The number of nitrogens with zero attached hydrogens (tertiary/aromatic N) is 3. The van der Waals surface area contributed by atoms with Crippen molar-refractivity contribution >= 4 is 26.7 Å². The summed E-state index contributed by atoms with van der Waals surface area (Å²) in [6, 6.07) is 0. The maximum Gasteiger partial charge on any atom is 0.303 e. The minimum atomic E-state index is -3.50. The van der Waals surface area contributed by atoms with Crippen molar-refractivity contribution < 1.29 is 8.42 Å². The Morgan fingerprint density at radius 1 is 1.29 bits per heavy atom. The first kappa shape index (κ1) is 16.6. The fourth-order valence-electron chi connectivity index (χ4n) is 2.31. The lowest BCUT2D eigenvalue weighted by Crippen LogP contribution is -2.43. The second kappa shape index (κ2) is 7.48. The molecule has 2 rings (SSSR count).